The lowest BCUT2D eigenvalue weighted by Gasteiger charge is -2.02. The van der Waals surface area contributed by atoms with Crippen molar-refractivity contribution in [3.63, 3.8) is 0 Å². The summed E-state index contributed by atoms with van der Waals surface area (Å²) in [4.78, 5) is 11.8. The Hall–Kier alpha value is -0.830. The lowest BCUT2D eigenvalue weighted by molar-refractivity contribution is -0.117. The third-order valence-electron chi connectivity index (χ3n) is 2.37. The van der Waals surface area contributed by atoms with Crippen molar-refractivity contribution in [2.75, 3.05) is 0 Å². The third-order valence-corrected chi connectivity index (χ3v) is 3.84. The highest BCUT2D eigenvalue weighted by Gasteiger charge is 2.07. The fourth-order valence-electron chi connectivity index (χ4n) is 1.56. The smallest absolute Gasteiger partial charge is 0.141 e. The number of rotatable bonds is 4. The molecular formula is C13H10Cl2OS. The van der Waals surface area contributed by atoms with Gasteiger partial charge in [-0.2, -0.15) is 11.3 Å². The first kappa shape index (κ1) is 12.6. The topological polar surface area (TPSA) is 17.1 Å². The highest BCUT2D eigenvalue weighted by molar-refractivity contribution is 7.08. The summed E-state index contributed by atoms with van der Waals surface area (Å²) in [5.41, 5.74) is 1.97. The second-order valence-corrected chi connectivity index (χ2v) is 5.37. The van der Waals surface area contributed by atoms with Crippen molar-refractivity contribution in [3.05, 3.63) is 56.2 Å². The SMILES string of the molecule is O=C(Cc1ccsc1)Cc1ccc(Cl)c(Cl)c1. The number of carbonyl (C=O) groups is 1. The minimum Gasteiger partial charge on any atom is -0.299 e. The minimum atomic E-state index is 0.182. The van der Waals surface area contributed by atoms with Crippen LogP contribution in [-0.2, 0) is 17.6 Å². The molecule has 0 aliphatic rings. The molecule has 1 aromatic heterocycles. The van der Waals surface area contributed by atoms with Gasteiger partial charge in [-0.25, -0.2) is 0 Å². The summed E-state index contributed by atoms with van der Waals surface area (Å²) in [5.74, 6) is 0.182. The molecule has 0 atom stereocenters. The van der Waals surface area contributed by atoms with E-state index in [1.54, 1.807) is 23.5 Å². The van der Waals surface area contributed by atoms with Crippen LogP contribution in [0.4, 0.5) is 0 Å². The molecule has 0 fully saturated rings. The molecule has 4 heteroatoms. The predicted octanol–water partition coefficient (Wildman–Crippen LogP) is 4.41. The van der Waals surface area contributed by atoms with E-state index >= 15 is 0 Å². The quantitative estimate of drug-likeness (QED) is 0.813. The van der Waals surface area contributed by atoms with Gasteiger partial charge in [0.2, 0.25) is 0 Å². The van der Waals surface area contributed by atoms with E-state index in [1.807, 2.05) is 22.9 Å². The van der Waals surface area contributed by atoms with Gasteiger partial charge in [0, 0.05) is 12.8 Å². The molecule has 0 saturated carbocycles. The molecule has 0 unspecified atom stereocenters. The van der Waals surface area contributed by atoms with Crippen LogP contribution >= 0.6 is 34.5 Å². The lowest BCUT2D eigenvalue weighted by atomic mass is 10.0. The number of carbonyl (C=O) groups excluding carboxylic acids is 1. The Kier molecular flexibility index (Phi) is 4.21. The fourth-order valence-corrected chi connectivity index (χ4v) is 2.55. The average Bonchev–Trinajstić information content (AvgIpc) is 2.76. The number of hydrogen-bond donors (Lipinski definition) is 0. The van der Waals surface area contributed by atoms with Crippen molar-refractivity contribution in [3.8, 4) is 0 Å². The Morgan fingerprint density at radius 2 is 1.82 bits per heavy atom. The monoisotopic (exact) mass is 284 g/mol. The third kappa shape index (κ3) is 3.56. The predicted molar refractivity (Wildman–Crippen MR) is 73.2 cm³/mol. The molecule has 0 aliphatic heterocycles. The van der Waals surface area contributed by atoms with Crippen LogP contribution in [0.15, 0.2) is 35.0 Å². The number of Topliss-reactive ketones (excluding diaryl/α,β-unsaturated/α-hetero) is 1. The van der Waals surface area contributed by atoms with Crippen LogP contribution in [0.25, 0.3) is 0 Å². The Balaban J connectivity index is 2.00. The summed E-state index contributed by atoms with van der Waals surface area (Å²) in [6.45, 7) is 0. The van der Waals surface area contributed by atoms with Gasteiger partial charge in [-0.05, 0) is 40.1 Å². The number of benzene rings is 1. The molecule has 1 nitrogen and oxygen atoms in total. The van der Waals surface area contributed by atoms with Crippen molar-refractivity contribution in [2.45, 2.75) is 12.8 Å². The number of ketones is 1. The zero-order valence-electron chi connectivity index (χ0n) is 8.95. The molecule has 0 N–H and O–H groups in total. The second kappa shape index (κ2) is 5.67. The molecule has 17 heavy (non-hydrogen) atoms. The molecular weight excluding hydrogens is 275 g/mol. The summed E-state index contributed by atoms with van der Waals surface area (Å²) in [6.07, 6.45) is 0.872. The van der Waals surface area contributed by atoms with Crippen molar-refractivity contribution in [1.82, 2.24) is 0 Å². The van der Waals surface area contributed by atoms with Gasteiger partial charge in [0.05, 0.1) is 10.0 Å². The lowest BCUT2D eigenvalue weighted by Crippen LogP contribution is -2.05. The van der Waals surface area contributed by atoms with E-state index in [1.165, 1.54) is 0 Å². The highest BCUT2D eigenvalue weighted by Crippen LogP contribution is 2.23. The maximum Gasteiger partial charge on any atom is 0.141 e. The van der Waals surface area contributed by atoms with E-state index in [0.717, 1.165) is 11.1 Å². The van der Waals surface area contributed by atoms with Crippen LogP contribution in [0.5, 0.6) is 0 Å². The average molecular weight is 285 g/mol. The van der Waals surface area contributed by atoms with Gasteiger partial charge in [0.15, 0.2) is 0 Å². The van der Waals surface area contributed by atoms with Gasteiger partial charge in [-0.1, -0.05) is 29.3 Å². The molecule has 0 aliphatic carbocycles. The van der Waals surface area contributed by atoms with Crippen LogP contribution in [0, 0.1) is 0 Å². The molecule has 2 aromatic rings. The van der Waals surface area contributed by atoms with Crippen LogP contribution in [0.3, 0.4) is 0 Å². The first-order valence-corrected chi connectivity index (χ1v) is 6.82. The van der Waals surface area contributed by atoms with E-state index < -0.39 is 0 Å². The summed E-state index contributed by atoms with van der Waals surface area (Å²) in [6, 6.07) is 7.27. The van der Waals surface area contributed by atoms with E-state index in [0.29, 0.717) is 22.9 Å². The molecule has 88 valence electrons. The Morgan fingerprint density at radius 1 is 1.06 bits per heavy atom. The number of hydrogen-bond acceptors (Lipinski definition) is 2. The Labute approximate surface area is 114 Å². The van der Waals surface area contributed by atoms with Gasteiger partial charge >= 0.3 is 0 Å². The largest absolute Gasteiger partial charge is 0.299 e. The Bertz CT molecular complexity index is 520. The maximum absolute atomic E-state index is 11.8. The first-order chi connectivity index (χ1) is 8.15. The summed E-state index contributed by atoms with van der Waals surface area (Å²) in [5, 5.41) is 4.97. The van der Waals surface area contributed by atoms with Crippen LogP contribution < -0.4 is 0 Å². The van der Waals surface area contributed by atoms with Crippen molar-refractivity contribution < 1.29 is 4.79 Å². The van der Waals surface area contributed by atoms with E-state index in [4.69, 9.17) is 23.2 Å². The summed E-state index contributed by atoms with van der Waals surface area (Å²) < 4.78 is 0. The molecule has 1 heterocycles. The summed E-state index contributed by atoms with van der Waals surface area (Å²) in [7, 11) is 0. The second-order valence-electron chi connectivity index (χ2n) is 3.77. The van der Waals surface area contributed by atoms with Crippen molar-refractivity contribution in [2.24, 2.45) is 0 Å². The van der Waals surface area contributed by atoms with Gasteiger partial charge in [-0.15, -0.1) is 0 Å². The van der Waals surface area contributed by atoms with Gasteiger partial charge in [0.25, 0.3) is 0 Å². The summed E-state index contributed by atoms with van der Waals surface area (Å²) >= 11 is 13.3. The number of thiophene rings is 1. The molecule has 0 amide bonds. The molecule has 1 aromatic carbocycles. The molecule has 0 bridgehead atoms. The van der Waals surface area contributed by atoms with Crippen LogP contribution in [0.2, 0.25) is 10.0 Å². The normalized spacial score (nSPS) is 10.5. The van der Waals surface area contributed by atoms with Crippen LogP contribution in [0.1, 0.15) is 11.1 Å². The zero-order valence-corrected chi connectivity index (χ0v) is 11.3. The molecule has 0 spiro atoms. The zero-order chi connectivity index (χ0) is 12.3. The van der Waals surface area contributed by atoms with Gasteiger partial charge < -0.3 is 0 Å². The first-order valence-electron chi connectivity index (χ1n) is 5.12. The molecule has 0 radical (unpaired) electrons. The minimum absolute atomic E-state index is 0.182. The molecule has 0 saturated heterocycles. The van der Waals surface area contributed by atoms with Crippen LogP contribution in [-0.4, -0.2) is 5.78 Å². The highest BCUT2D eigenvalue weighted by atomic mass is 35.5. The van der Waals surface area contributed by atoms with Crippen molar-refractivity contribution >= 4 is 40.3 Å². The van der Waals surface area contributed by atoms with Gasteiger partial charge in [-0.3, -0.25) is 4.79 Å². The number of halogens is 2. The Morgan fingerprint density at radius 3 is 2.47 bits per heavy atom. The van der Waals surface area contributed by atoms with E-state index in [9.17, 15) is 4.79 Å². The maximum atomic E-state index is 11.8. The van der Waals surface area contributed by atoms with Crippen molar-refractivity contribution in [1.29, 1.82) is 0 Å². The van der Waals surface area contributed by atoms with E-state index in [-0.39, 0.29) is 5.78 Å². The standard InChI is InChI=1S/C13H10Cl2OS/c14-12-2-1-9(7-13(12)15)5-11(16)6-10-3-4-17-8-10/h1-4,7-8H,5-6H2. The fraction of sp³-hybridized carbons (Fsp3) is 0.154. The van der Waals surface area contributed by atoms with Gasteiger partial charge in [0.1, 0.15) is 5.78 Å². The van der Waals surface area contributed by atoms with E-state index in [2.05, 4.69) is 0 Å². The molecule has 2 rings (SSSR count).